The van der Waals surface area contributed by atoms with Gasteiger partial charge in [-0.2, -0.15) is 11.8 Å². The molecular formula is C11H20N2O3S. The second-order valence-corrected chi connectivity index (χ2v) is 5.44. The zero-order valence-electron chi connectivity index (χ0n) is 10.2. The fourth-order valence-corrected chi connectivity index (χ4v) is 2.60. The van der Waals surface area contributed by atoms with Gasteiger partial charge in [-0.05, 0) is 5.92 Å². The molecule has 0 saturated carbocycles. The van der Waals surface area contributed by atoms with Crippen molar-refractivity contribution in [1.29, 1.82) is 0 Å². The van der Waals surface area contributed by atoms with Crippen molar-refractivity contribution in [3.8, 4) is 0 Å². The third-order valence-corrected chi connectivity index (χ3v) is 4.08. The number of amides is 1. The molecule has 1 aliphatic heterocycles. The second kappa shape index (κ2) is 6.86. The van der Waals surface area contributed by atoms with Gasteiger partial charge in [0.15, 0.2) is 0 Å². The van der Waals surface area contributed by atoms with E-state index in [1.165, 1.54) is 0 Å². The minimum atomic E-state index is -0.962. The highest BCUT2D eigenvalue weighted by atomic mass is 32.2. The summed E-state index contributed by atoms with van der Waals surface area (Å²) in [5, 5.41) is 14.8. The van der Waals surface area contributed by atoms with Gasteiger partial charge in [-0.25, -0.2) is 4.79 Å². The molecule has 0 radical (unpaired) electrons. The molecule has 0 bridgehead atoms. The number of hydrogen-bond donors (Lipinski definition) is 3. The summed E-state index contributed by atoms with van der Waals surface area (Å²) in [6.45, 7) is 4.55. The Bertz CT molecular complexity index is 280. The molecule has 0 aromatic heterocycles. The Kier molecular flexibility index (Phi) is 5.77. The molecule has 0 aliphatic carbocycles. The summed E-state index contributed by atoms with van der Waals surface area (Å²) in [7, 11) is 0. The molecule has 2 unspecified atom stereocenters. The monoisotopic (exact) mass is 260 g/mol. The first-order valence-corrected chi connectivity index (χ1v) is 7.06. The molecule has 1 rings (SSSR count). The molecule has 0 aromatic rings. The molecule has 17 heavy (non-hydrogen) atoms. The van der Waals surface area contributed by atoms with Crippen LogP contribution in [0.4, 0.5) is 0 Å². The van der Waals surface area contributed by atoms with Crippen molar-refractivity contribution in [2.24, 2.45) is 5.92 Å². The molecule has 0 aromatic carbocycles. The maximum atomic E-state index is 11.9. The van der Waals surface area contributed by atoms with Crippen LogP contribution in [-0.4, -0.2) is 47.1 Å². The Hall–Kier alpha value is -0.750. The first-order valence-electron chi connectivity index (χ1n) is 5.90. The lowest BCUT2D eigenvalue weighted by molar-refractivity contribution is -0.143. The van der Waals surface area contributed by atoms with Crippen LogP contribution < -0.4 is 10.6 Å². The van der Waals surface area contributed by atoms with Crippen LogP contribution >= 0.6 is 11.8 Å². The summed E-state index contributed by atoms with van der Waals surface area (Å²) in [5.74, 6) is 0.477. The Morgan fingerprint density at radius 2 is 2.29 bits per heavy atom. The van der Waals surface area contributed by atoms with Gasteiger partial charge < -0.3 is 15.7 Å². The van der Waals surface area contributed by atoms with Gasteiger partial charge in [0.2, 0.25) is 5.91 Å². The molecule has 0 spiro atoms. The van der Waals surface area contributed by atoms with Gasteiger partial charge in [-0.1, -0.05) is 20.3 Å². The molecule has 1 aliphatic rings. The summed E-state index contributed by atoms with van der Waals surface area (Å²) < 4.78 is 0. The minimum Gasteiger partial charge on any atom is -0.480 e. The number of rotatable bonds is 5. The molecule has 98 valence electrons. The highest BCUT2D eigenvalue weighted by Crippen LogP contribution is 2.11. The van der Waals surface area contributed by atoms with Crippen molar-refractivity contribution in [1.82, 2.24) is 10.6 Å². The van der Waals surface area contributed by atoms with Crippen LogP contribution in [0, 0.1) is 5.92 Å². The number of carboxylic acid groups (broad SMARTS) is 1. The first-order chi connectivity index (χ1) is 8.06. The molecule has 1 amide bonds. The first kappa shape index (κ1) is 14.3. The van der Waals surface area contributed by atoms with E-state index in [0.717, 1.165) is 18.7 Å². The largest absolute Gasteiger partial charge is 0.480 e. The van der Waals surface area contributed by atoms with Crippen molar-refractivity contribution in [2.75, 3.05) is 18.1 Å². The summed E-state index contributed by atoms with van der Waals surface area (Å²) in [5.41, 5.74) is 0. The molecule has 3 atom stereocenters. The molecular weight excluding hydrogens is 240 g/mol. The van der Waals surface area contributed by atoms with E-state index in [1.807, 2.05) is 13.8 Å². The molecule has 1 saturated heterocycles. The van der Waals surface area contributed by atoms with E-state index in [1.54, 1.807) is 11.8 Å². The normalized spacial score (nSPS) is 23.8. The van der Waals surface area contributed by atoms with Gasteiger partial charge in [0, 0.05) is 18.1 Å². The molecule has 6 heteroatoms. The summed E-state index contributed by atoms with van der Waals surface area (Å²) in [6.07, 6.45) is 0.726. The SMILES string of the molecule is CCC(C)[C@H](NC(=O)C1CSCCN1)C(=O)O. The predicted octanol–water partition coefficient (Wildman–Crippen LogP) is 0.307. The average Bonchev–Trinajstić information content (AvgIpc) is 2.35. The van der Waals surface area contributed by atoms with Gasteiger partial charge in [0.1, 0.15) is 6.04 Å². The van der Waals surface area contributed by atoms with E-state index in [2.05, 4.69) is 10.6 Å². The van der Waals surface area contributed by atoms with Crippen LogP contribution in [0.1, 0.15) is 20.3 Å². The number of nitrogens with one attached hydrogen (secondary N) is 2. The zero-order chi connectivity index (χ0) is 12.8. The Labute approximate surface area is 106 Å². The Balaban J connectivity index is 2.53. The number of thioether (sulfide) groups is 1. The third kappa shape index (κ3) is 4.20. The molecule has 1 fully saturated rings. The fraction of sp³-hybridized carbons (Fsp3) is 0.818. The maximum Gasteiger partial charge on any atom is 0.326 e. The fourth-order valence-electron chi connectivity index (χ4n) is 1.67. The average molecular weight is 260 g/mol. The quantitative estimate of drug-likeness (QED) is 0.663. The van der Waals surface area contributed by atoms with E-state index in [9.17, 15) is 9.59 Å². The lowest BCUT2D eigenvalue weighted by Gasteiger charge is -2.26. The van der Waals surface area contributed by atoms with E-state index in [0.29, 0.717) is 5.75 Å². The summed E-state index contributed by atoms with van der Waals surface area (Å²) >= 11 is 1.71. The van der Waals surface area contributed by atoms with Crippen LogP contribution in [0.2, 0.25) is 0 Å². The molecule has 5 nitrogen and oxygen atoms in total. The van der Waals surface area contributed by atoms with Gasteiger partial charge in [0.05, 0.1) is 6.04 Å². The standard InChI is InChI=1S/C11H20N2O3S/c1-3-7(2)9(11(15)16)13-10(14)8-6-17-5-4-12-8/h7-9,12H,3-6H2,1-2H3,(H,13,14)(H,15,16)/t7?,8?,9-/m0/s1. The van der Waals surface area contributed by atoms with Crippen LogP contribution in [0.15, 0.2) is 0 Å². The Morgan fingerprint density at radius 3 is 2.76 bits per heavy atom. The van der Waals surface area contributed by atoms with Gasteiger partial charge in [-0.15, -0.1) is 0 Å². The minimum absolute atomic E-state index is 0.0623. The van der Waals surface area contributed by atoms with Crippen LogP contribution in [0.5, 0.6) is 0 Å². The van der Waals surface area contributed by atoms with E-state index in [-0.39, 0.29) is 17.9 Å². The van der Waals surface area contributed by atoms with Gasteiger partial charge in [0.25, 0.3) is 0 Å². The summed E-state index contributed by atoms with van der Waals surface area (Å²) in [4.78, 5) is 23.0. The molecule has 1 heterocycles. The third-order valence-electron chi connectivity index (χ3n) is 3.01. The van der Waals surface area contributed by atoms with E-state index < -0.39 is 12.0 Å². The topological polar surface area (TPSA) is 78.4 Å². The van der Waals surface area contributed by atoms with E-state index >= 15 is 0 Å². The highest BCUT2D eigenvalue weighted by molar-refractivity contribution is 7.99. The number of carbonyl (C=O) groups excluding carboxylic acids is 1. The van der Waals surface area contributed by atoms with Gasteiger partial charge >= 0.3 is 5.97 Å². The van der Waals surface area contributed by atoms with Crippen molar-refractivity contribution in [3.05, 3.63) is 0 Å². The smallest absolute Gasteiger partial charge is 0.326 e. The number of aliphatic carboxylic acids is 1. The van der Waals surface area contributed by atoms with Crippen molar-refractivity contribution in [3.63, 3.8) is 0 Å². The van der Waals surface area contributed by atoms with E-state index in [4.69, 9.17) is 5.11 Å². The van der Waals surface area contributed by atoms with Crippen molar-refractivity contribution in [2.45, 2.75) is 32.4 Å². The number of hydrogen-bond acceptors (Lipinski definition) is 4. The number of carboxylic acids is 1. The number of carbonyl (C=O) groups is 2. The van der Waals surface area contributed by atoms with Crippen molar-refractivity contribution >= 4 is 23.6 Å². The Morgan fingerprint density at radius 1 is 1.59 bits per heavy atom. The lowest BCUT2D eigenvalue weighted by atomic mass is 9.99. The lowest BCUT2D eigenvalue weighted by Crippen LogP contribution is -2.54. The van der Waals surface area contributed by atoms with Crippen LogP contribution in [-0.2, 0) is 9.59 Å². The maximum absolute atomic E-state index is 11.9. The van der Waals surface area contributed by atoms with Gasteiger partial charge in [-0.3, -0.25) is 4.79 Å². The molecule has 3 N–H and O–H groups in total. The van der Waals surface area contributed by atoms with Crippen molar-refractivity contribution < 1.29 is 14.7 Å². The van der Waals surface area contributed by atoms with Crippen LogP contribution in [0.3, 0.4) is 0 Å². The predicted molar refractivity (Wildman–Crippen MR) is 68.1 cm³/mol. The van der Waals surface area contributed by atoms with Crippen LogP contribution in [0.25, 0.3) is 0 Å². The zero-order valence-corrected chi connectivity index (χ0v) is 11.0. The highest BCUT2D eigenvalue weighted by Gasteiger charge is 2.29. The second-order valence-electron chi connectivity index (χ2n) is 4.29. The summed E-state index contributed by atoms with van der Waals surface area (Å²) in [6, 6.07) is -1.05.